The summed E-state index contributed by atoms with van der Waals surface area (Å²) in [4.78, 5) is 14.3. The summed E-state index contributed by atoms with van der Waals surface area (Å²) in [6.07, 6.45) is 3.99. The maximum absolute atomic E-state index is 13.4. The fourth-order valence-corrected chi connectivity index (χ4v) is 8.17. The van der Waals surface area contributed by atoms with E-state index in [1.807, 2.05) is 12.1 Å². The van der Waals surface area contributed by atoms with Gasteiger partial charge in [-0.2, -0.15) is 4.98 Å². The Labute approximate surface area is 273 Å². The largest absolute Gasteiger partial charge is 0.494 e. The highest BCUT2D eigenvalue weighted by atomic mass is 79.9. The van der Waals surface area contributed by atoms with Crippen molar-refractivity contribution in [3.05, 3.63) is 40.5 Å². The minimum Gasteiger partial charge on any atom is -0.494 e. The fourth-order valence-electron chi connectivity index (χ4n) is 6.51. The second kappa shape index (κ2) is 13.4. The van der Waals surface area contributed by atoms with Crippen LogP contribution in [0.25, 0.3) is 0 Å². The first-order valence-corrected chi connectivity index (χ1v) is 18.7. The average molecular weight is 702 g/mol. The summed E-state index contributed by atoms with van der Waals surface area (Å²) in [6, 6.07) is 8.52. The van der Waals surface area contributed by atoms with Gasteiger partial charge in [-0.1, -0.05) is 0 Å². The summed E-state index contributed by atoms with van der Waals surface area (Å²) in [5.41, 5.74) is 3.76. The van der Waals surface area contributed by atoms with Crippen molar-refractivity contribution in [2.45, 2.75) is 25.8 Å². The Hall–Kier alpha value is -3.05. The molecule has 0 saturated carbocycles. The third-order valence-electron chi connectivity index (χ3n) is 8.69. The highest BCUT2D eigenvalue weighted by Gasteiger charge is 2.34. The van der Waals surface area contributed by atoms with Crippen LogP contribution in [0.3, 0.4) is 0 Å². The molecule has 2 aromatic carbocycles. The van der Waals surface area contributed by atoms with Crippen molar-refractivity contribution < 1.29 is 23.5 Å². The summed E-state index contributed by atoms with van der Waals surface area (Å²) in [6.45, 7) is 11.6. The topological polar surface area (TPSA) is 110 Å². The van der Waals surface area contributed by atoms with Crippen LogP contribution in [-0.4, -0.2) is 94.5 Å². The maximum Gasteiger partial charge on any atom is 0.229 e. The monoisotopic (exact) mass is 700 g/mol. The normalized spacial score (nSPS) is 17.6. The zero-order valence-corrected chi connectivity index (χ0v) is 29.0. The van der Waals surface area contributed by atoms with E-state index in [1.54, 1.807) is 33.7 Å². The number of hydrogen-bond donors (Lipinski definition) is 2. The molecule has 0 unspecified atom stereocenters. The summed E-state index contributed by atoms with van der Waals surface area (Å²) in [5, 5.41) is 7.30. The molecule has 13 heteroatoms. The molecular formula is C32H42BrN6O5P. The van der Waals surface area contributed by atoms with Crippen molar-refractivity contribution in [3.63, 3.8) is 0 Å². The molecule has 0 atom stereocenters. The number of aromatic nitrogens is 2. The number of likely N-dealkylation sites (tertiary alicyclic amines) is 1. The lowest BCUT2D eigenvalue weighted by Crippen LogP contribution is -2.56. The Morgan fingerprint density at radius 2 is 1.82 bits per heavy atom. The Kier molecular flexibility index (Phi) is 9.47. The second-order valence-electron chi connectivity index (χ2n) is 12.3. The van der Waals surface area contributed by atoms with Gasteiger partial charge in [0.15, 0.2) is 11.5 Å². The molecule has 6 rings (SSSR count). The number of piperidine rings is 1. The number of hydrogen-bond acceptors (Lipinski definition) is 11. The van der Waals surface area contributed by atoms with E-state index in [0.29, 0.717) is 63.9 Å². The number of nitrogens with one attached hydrogen (secondary N) is 2. The van der Waals surface area contributed by atoms with E-state index in [4.69, 9.17) is 23.9 Å². The fraction of sp³-hybridized carbons (Fsp3) is 0.500. The summed E-state index contributed by atoms with van der Waals surface area (Å²) in [7, 11) is 0.718. The zero-order valence-electron chi connectivity index (χ0n) is 26.6. The van der Waals surface area contributed by atoms with Gasteiger partial charge in [0.1, 0.15) is 31.9 Å². The smallest absolute Gasteiger partial charge is 0.229 e. The van der Waals surface area contributed by atoms with E-state index in [9.17, 15) is 4.57 Å². The van der Waals surface area contributed by atoms with E-state index in [-0.39, 0.29) is 0 Å². The first-order chi connectivity index (χ1) is 21.6. The molecule has 242 valence electrons. The molecule has 3 aliphatic rings. The Morgan fingerprint density at radius 3 is 2.53 bits per heavy atom. The van der Waals surface area contributed by atoms with Gasteiger partial charge in [0.2, 0.25) is 5.95 Å². The predicted octanol–water partition coefficient (Wildman–Crippen LogP) is 5.61. The van der Waals surface area contributed by atoms with Crippen molar-refractivity contribution in [1.82, 2.24) is 14.9 Å². The van der Waals surface area contributed by atoms with Crippen LogP contribution in [0.1, 0.15) is 18.4 Å². The second-order valence-corrected chi connectivity index (χ2v) is 16.3. The number of anilines is 5. The summed E-state index contributed by atoms with van der Waals surface area (Å²) >= 11 is 3.57. The lowest BCUT2D eigenvalue weighted by Gasteiger charge is -2.47. The molecule has 0 aliphatic carbocycles. The summed E-state index contributed by atoms with van der Waals surface area (Å²) < 4.78 is 36.8. The molecule has 2 N–H and O–H groups in total. The minimum atomic E-state index is -2.75. The SMILES string of the molecule is COCC1CN(C2CCN(c3cc(OC)c(Nc4ncc(Br)c(Nc5ccc6c(c5P(C)(C)=O)OCCO6)n4)cc3C)CC2)C1. The highest BCUT2D eigenvalue weighted by Crippen LogP contribution is 2.47. The molecule has 4 heterocycles. The Balaban J connectivity index is 1.18. The lowest BCUT2D eigenvalue weighted by atomic mass is 9.93. The third-order valence-corrected chi connectivity index (χ3v) is 10.8. The predicted molar refractivity (Wildman–Crippen MR) is 183 cm³/mol. The Morgan fingerprint density at radius 1 is 1.07 bits per heavy atom. The van der Waals surface area contributed by atoms with Gasteiger partial charge in [-0.25, -0.2) is 4.98 Å². The molecule has 0 radical (unpaired) electrons. The van der Waals surface area contributed by atoms with Gasteiger partial charge < -0.3 is 39.0 Å². The van der Waals surface area contributed by atoms with Crippen LogP contribution in [0.2, 0.25) is 0 Å². The number of rotatable bonds is 10. The van der Waals surface area contributed by atoms with E-state index < -0.39 is 7.14 Å². The van der Waals surface area contributed by atoms with Crippen LogP contribution in [0.4, 0.5) is 28.8 Å². The highest BCUT2D eigenvalue weighted by molar-refractivity contribution is 9.10. The van der Waals surface area contributed by atoms with Crippen LogP contribution in [0.15, 0.2) is 34.9 Å². The summed E-state index contributed by atoms with van der Waals surface area (Å²) in [5.74, 6) is 3.42. The molecule has 1 aromatic heterocycles. The van der Waals surface area contributed by atoms with Crippen LogP contribution in [0, 0.1) is 12.8 Å². The van der Waals surface area contributed by atoms with E-state index in [1.165, 1.54) is 5.69 Å². The average Bonchev–Trinajstić information content (AvgIpc) is 3.00. The number of ether oxygens (including phenoxy) is 4. The molecule has 0 amide bonds. The molecule has 45 heavy (non-hydrogen) atoms. The van der Waals surface area contributed by atoms with Crippen molar-refractivity contribution in [2.24, 2.45) is 5.92 Å². The van der Waals surface area contributed by atoms with Crippen LogP contribution < -0.4 is 35.0 Å². The molecular weight excluding hydrogens is 659 g/mol. The van der Waals surface area contributed by atoms with Crippen LogP contribution in [0.5, 0.6) is 17.2 Å². The maximum atomic E-state index is 13.4. The van der Waals surface area contributed by atoms with Gasteiger partial charge in [0.05, 0.1) is 34.9 Å². The number of nitrogens with zero attached hydrogens (tertiary/aromatic N) is 4. The van der Waals surface area contributed by atoms with Gasteiger partial charge in [0, 0.05) is 63.2 Å². The molecule has 0 spiro atoms. The van der Waals surface area contributed by atoms with Gasteiger partial charge in [-0.05, 0) is 72.8 Å². The van der Waals surface area contributed by atoms with Crippen molar-refractivity contribution in [3.8, 4) is 17.2 Å². The number of aryl methyl sites for hydroxylation is 1. The molecule has 3 aromatic rings. The molecule has 2 saturated heterocycles. The van der Waals surface area contributed by atoms with E-state index in [0.717, 1.165) is 62.6 Å². The number of methoxy groups -OCH3 is 2. The number of fused-ring (bicyclic) bond motifs is 1. The van der Waals surface area contributed by atoms with Crippen molar-refractivity contribution in [1.29, 1.82) is 0 Å². The quantitative estimate of drug-likeness (QED) is 0.258. The zero-order chi connectivity index (χ0) is 31.7. The van der Waals surface area contributed by atoms with E-state index in [2.05, 4.69) is 60.4 Å². The molecule has 3 aliphatic heterocycles. The number of benzene rings is 2. The minimum absolute atomic E-state index is 0.392. The number of halogens is 1. The first-order valence-electron chi connectivity index (χ1n) is 15.4. The van der Waals surface area contributed by atoms with Gasteiger partial charge in [-0.3, -0.25) is 4.90 Å². The van der Waals surface area contributed by atoms with Crippen LogP contribution in [-0.2, 0) is 9.30 Å². The van der Waals surface area contributed by atoms with Crippen molar-refractivity contribution in [2.75, 3.05) is 89.1 Å². The third kappa shape index (κ3) is 6.89. The molecule has 0 bridgehead atoms. The standard InChI is InChI=1S/C32H42BrN6O5P/c1-20-14-25(28(42-3)15-26(20)38-10-8-22(9-11-38)39-17-21(18-39)19-41-2)36-32-34-16-23(33)31(37-32)35-24-6-7-27-29(44-13-12-43-27)30(24)45(4,5)40/h6-7,14-16,21-22H,8-13,17-19H2,1-5H3,(H2,34,35,36,37). The first kappa shape index (κ1) is 31.9. The van der Waals surface area contributed by atoms with Crippen LogP contribution >= 0.6 is 23.1 Å². The molecule has 2 fully saturated rings. The van der Waals surface area contributed by atoms with Gasteiger partial charge >= 0.3 is 0 Å². The lowest BCUT2D eigenvalue weighted by molar-refractivity contribution is -0.000666. The molecule has 11 nitrogen and oxygen atoms in total. The van der Waals surface area contributed by atoms with Crippen molar-refractivity contribution >= 4 is 57.2 Å². The van der Waals surface area contributed by atoms with Gasteiger partial charge in [-0.15, -0.1) is 0 Å². The van der Waals surface area contributed by atoms with E-state index >= 15 is 0 Å². The Bertz CT molecular complexity index is 1590. The van der Waals surface area contributed by atoms with Gasteiger partial charge in [0.25, 0.3) is 0 Å².